The Bertz CT molecular complexity index is 682. The minimum Gasteiger partial charge on any atom is -0.313 e. The zero-order valence-corrected chi connectivity index (χ0v) is 13.5. The number of aryl methyl sites for hydroxylation is 1. The van der Waals surface area contributed by atoms with E-state index in [1.54, 1.807) is 12.3 Å². The maximum Gasteiger partial charge on any atom is 0.281 e. The summed E-state index contributed by atoms with van der Waals surface area (Å²) >= 11 is 1.22. The van der Waals surface area contributed by atoms with Crippen LogP contribution in [0.1, 0.15) is 24.4 Å². The molecule has 0 saturated heterocycles. The number of hydrogen-bond acceptors (Lipinski definition) is 7. The molecule has 0 saturated carbocycles. The molecule has 2 rings (SSSR count). The lowest BCUT2D eigenvalue weighted by Gasteiger charge is -2.05. The Morgan fingerprint density at radius 1 is 1.24 bits per heavy atom. The molecule has 2 heterocycles. The molecule has 21 heavy (non-hydrogen) atoms. The number of nitrogens with zero attached hydrogens (tertiary/aromatic N) is 3. The molecule has 0 unspecified atom stereocenters. The fourth-order valence-electron chi connectivity index (χ4n) is 1.55. The zero-order valence-electron chi connectivity index (χ0n) is 11.8. The van der Waals surface area contributed by atoms with Gasteiger partial charge in [0.25, 0.3) is 10.0 Å². The van der Waals surface area contributed by atoms with Crippen molar-refractivity contribution in [2.24, 2.45) is 0 Å². The first-order chi connectivity index (χ1) is 10.0. The smallest absolute Gasteiger partial charge is 0.281 e. The van der Waals surface area contributed by atoms with Crippen LogP contribution in [-0.2, 0) is 23.0 Å². The lowest BCUT2D eigenvalue weighted by molar-refractivity contribution is 0.597. The van der Waals surface area contributed by atoms with Gasteiger partial charge in [-0.2, -0.15) is 8.42 Å². The Morgan fingerprint density at radius 3 is 2.62 bits per heavy atom. The first-order valence-corrected chi connectivity index (χ1v) is 8.86. The Balaban J connectivity index is 2.11. The molecule has 0 fully saturated rings. The highest BCUT2D eigenvalue weighted by molar-refractivity contribution is 7.92. The number of pyridine rings is 1. The minimum absolute atomic E-state index is 0.0315. The van der Waals surface area contributed by atoms with Gasteiger partial charge in [-0.1, -0.05) is 31.3 Å². The van der Waals surface area contributed by atoms with Crippen LogP contribution < -0.4 is 10.0 Å². The third-order valence-electron chi connectivity index (χ3n) is 2.64. The summed E-state index contributed by atoms with van der Waals surface area (Å²) in [6.07, 6.45) is 2.27. The van der Waals surface area contributed by atoms with E-state index in [1.807, 2.05) is 13.8 Å². The van der Waals surface area contributed by atoms with Crippen LogP contribution in [0.5, 0.6) is 0 Å². The third-order valence-corrected chi connectivity index (χ3v) is 5.01. The van der Waals surface area contributed by atoms with Crippen molar-refractivity contribution in [3.8, 4) is 0 Å². The summed E-state index contributed by atoms with van der Waals surface area (Å²) in [5.74, 6) is 0. The monoisotopic (exact) mass is 327 g/mol. The largest absolute Gasteiger partial charge is 0.313 e. The molecule has 0 spiro atoms. The summed E-state index contributed by atoms with van der Waals surface area (Å²) in [7, 11) is -3.72. The summed E-state index contributed by atoms with van der Waals surface area (Å²) in [4.78, 5) is 3.99. The highest BCUT2D eigenvalue weighted by Crippen LogP contribution is 2.19. The van der Waals surface area contributed by atoms with Gasteiger partial charge in [0.2, 0.25) is 5.13 Å². The van der Waals surface area contributed by atoms with Crippen molar-refractivity contribution in [1.82, 2.24) is 20.5 Å². The molecule has 2 aromatic rings. The summed E-state index contributed by atoms with van der Waals surface area (Å²) in [6, 6.07) is 3.22. The van der Waals surface area contributed by atoms with Crippen LogP contribution >= 0.6 is 11.3 Å². The molecule has 0 aliphatic heterocycles. The van der Waals surface area contributed by atoms with E-state index in [9.17, 15) is 8.42 Å². The Kier molecular flexibility index (Phi) is 5.21. The molecular formula is C12H17N5O2S2. The van der Waals surface area contributed by atoms with Crippen molar-refractivity contribution < 1.29 is 8.42 Å². The van der Waals surface area contributed by atoms with E-state index in [-0.39, 0.29) is 10.2 Å². The third kappa shape index (κ3) is 4.19. The van der Waals surface area contributed by atoms with E-state index in [2.05, 4.69) is 25.2 Å². The van der Waals surface area contributed by atoms with Gasteiger partial charge in [-0.15, -0.1) is 10.2 Å². The van der Waals surface area contributed by atoms with Crippen LogP contribution in [-0.4, -0.2) is 30.1 Å². The molecule has 0 aliphatic carbocycles. The van der Waals surface area contributed by atoms with Gasteiger partial charge in [0.15, 0.2) is 5.03 Å². The highest BCUT2D eigenvalue weighted by Gasteiger charge is 2.18. The molecule has 7 nitrogen and oxygen atoms in total. The normalized spacial score (nSPS) is 11.5. The molecule has 0 amide bonds. The van der Waals surface area contributed by atoms with Gasteiger partial charge in [0, 0.05) is 12.7 Å². The van der Waals surface area contributed by atoms with E-state index in [0.717, 1.165) is 23.5 Å². The molecule has 114 valence electrons. The van der Waals surface area contributed by atoms with Gasteiger partial charge >= 0.3 is 0 Å². The number of aromatic nitrogens is 3. The predicted octanol–water partition coefficient (Wildman–Crippen LogP) is 1.41. The van der Waals surface area contributed by atoms with Crippen LogP contribution in [0.25, 0.3) is 0 Å². The summed E-state index contributed by atoms with van der Waals surface area (Å²) in [6.45, 7) is 5.44. The molecule has 2 N–H and O–H groups in total. The maximum absolute atomic E-state index is 12.2. The highest BCUT2D eigenvalue weighted by atomic mass is 32.2. The first kappa shape index (κ1) is 15.8. The zero-order chi connectivity index (χ0) is 15.3. The maximum atomic E-state index is 12.2. The van der Waals surface area contributed by atoms with E-state index >= 15 is 0 Å². The van der Waals surface area contributed by atoms with Gasteiger partial charge in [0.05, 0.1) is 0 Å². The Morgan fingerprint density at radius 2 is 2.05 bits per heavy atom. The molecule has 0 atom stereocenters. The van der Waals surface area contributed by atoms with E-state index < -0.39 is 10.0 Å². The minimum atomic E-state index is -3.72. The van der Waals surface area contributed by atoms with E-state index in [1.165, 1.54) is 17.4 Å². The summed E-state index contributed by atoms with van der Waals surface area (Å²) < 4.78 is 26.7. The summed E-state index contributed by atoms with van der Waals surface area (Å²) in [5.41, 5.74) is 0.931. The topological polar surface area (TPSA) is 96.9 Å². The van der Waals surface area contributed by atoms with Crippen molar-refractivity contribution >= 4 is 26.5 Å². The van der Waals surface area contributed by atoms with Crippen molar-refractivity contribution in [2.75, 3.05) is 11.3 Å². The average Bonchev–Trinajstić information content (AvgIpc) is 2.92. The van der Waals surface area contributed by atoms with Gasteiger partial charge in [-0.3, -0.25) is 4.72 Å². The van der Waals surface area contributed by atoms with Crippen LogP contribution in [0.15, 0.2) is 23.4 Å². The number of anilines is 1. The summed E-state index contributed by atoms with van der Waals surface area (Å²) in [5, 5.41) is 11.8. The van der Waals surface area contributed by atoms with Crippen molar-refractivity contribution in [3.63, 3.8) is 0 Å². The molecule has 2 aromatic heterocycles. The van der Waals surface area contributed by atoms with E-state index in [0.29, 0.717) is 6.54 Å². The number of hydrogen-bond donors (Lipinski definition) is 2. The van der Waals surface area contributed by atoms with Crippen molar-refractivity contribution in [3.05, 3.63) is 28.9 Å². The van der Waals surface area contributed by atoms with Crippen LogP contribution in [0.2, 0.25) is 0 Å². The van der Waals surface area contributed by atoms with E-state index in [4.69, 9.17) is 0 Å². The van der Waals surface area contributed by atoms with Gasteiger partial charge in [-0.25, -0.2) is 4.98 Å². The predicted molar refractivity (Wildman–Crippen MR) is 81.7 cm³/mol. The van der Waals surface area contributed by atoms with Gasteiger partial charge in [-0.05, 0) is 24.6 Å². The first-order valence-electron chi connectivity index (χ1n) is 6.56. The number of sulfonamides is 1. The molecule has 9 heteroatoms. The van der Waals surface area contributed by atoms with Crippen molar-refractivity contribution in [1.29, 1.82) is 0 Å². The molecule has 0 bridgehead atoms. The molecule has 0 radical (unpaired) electrons. The van der Waals surface area contributed by atoms with Crippen molar-refractivity contribution in [2.45, 2.75) is 31.8 Å². The van der Waals surface area contributed by atoms with Gasteiger partial charge < -0.3 is 5.32 Å². The van der Waals surface area contributed by atoms with Gasteiger partial charge in [0.1, 0.15) is 5.01 Å². The van der Waals surface area contributed by atoms with Crippen LogP contribution in [0, 0.1) is 0 Å². The van der Waals surface area contributed by atoms with Crippen LogP contribution in [0.3, 0.4) is 0 Å². The fraction of sp³-hybridized carbons (Fsp3) is 0.417. The standard InChI is InChI=1S/C12H17N5O2S2/c1-3-10-15-16-12(20-10)17-21(18,19)11-6-5-9(8-14-11)7-13-4-2/h5-6,8,13H,3-4,7H2,1-2H3,(H,16,17). The number of rotatable bonds is 7. The second kappa shape index (κ2) is 6.92. The molecular weight excluding hydrogens is 310 g/mol. The lowest BCUT2D eigenvalue weighted by atomic mass is 10.3. The quantitative estimate of drug-likeness (QED) is 0.798. The van der Waals surface area contributed by atoms with Crippen LogP contribution in [0.4, 0.5) is 5.13 Å². The second-order valence-electron chi connectivity index (χ2n) is 4.25. The lowest BCUT2D eigenvalue weighted by Crippen LogP contribution is -2.15. The Labute approximate surface area is 127 Å². The second-order valence-corrected chi connectivity index (χ2v) is 6.94. The Hall–Kier alpha value is -1.58. The average molecular weight is 327 g/mol. The number of nitrogens with one attached hydrogen (secondary N) is 2. The fourth-order valence-corrected chi connectivity index (χ4v) is 3.39. The molecule has 0 aliphatic rings. The SMILES string of the molecule is CCNCc1ccc(S(=O)(=O)Nc2nnc(CC)s2)nc1. The molecule has 0 aromatic carbocycles.